The highest BCUT2D eigenvalue weighted by Crippen LogP contribution is 2.31. The molecule has 2 aromatic carbocycles. The fourth-order valence-corrected chi connectivity index (χ4v) is 12.5. The molecule has 0 aliphatic carbocycles. The topological polar surface area (TPSA) is 355 Å². The molecule has 0 radical (unpaired) electrons. The molecule has 0 bridgehead atoms. The molecule has 4 rings (SSSR count). The fraction of sp³-hybridized carbons (Fsp3) is 0.623. The average molecular weight is 1340 g/mol. The average Bonchev–Trinajstić information content (AvgIpc) is 1.18. The predicted molar refractivity (Wildman–Crippen MR) is 359 cm³/mol. The van der Waals surface area contributed by atoms with Crippen LogP contribution in [0.3, 0.4) is 0 Å². The number of primary amides is 1. The van der Waals surface area contributed by atoms with Gasteiger partial charge in [-0.1, -0.05) is 118 Å². The van der Waals surface area contributed by atoms with Crippen LogP contribution >= 0.6 is 0 Å². The molecule has 8 N–H and O–H groups in total. The van der Waals surface area contributed by atoms with Crippen molar-refractivity contribution in [1.29, 1.82) is 0 Å². The summed E-state index contributed by atoms with van der Waals surface area (Å²) in [6.45, 7) is 16.7. The lowest BCUT2D eigenvalue weighted by molar-refractivity contribution is -0.154. The van der Waals surface area contributed by atoms with Gasteiger partial charge in [0.2, 0.25) is 41.4 Å². The number of carboxylic acids is 1. The number of carboxylic acid groups (broad SMARTS) is 1. The van der Waals surface area contributed by atoms with Crippen LogP contribution in [0.4, 0.5) is 15.3 Å². The number of imide groups is 1. The Bertz CT molecular complexity index is 2980. The summed E-state index contributed by atoms with van der Waals surface area (Å²) in [6, 6.07) is 7.96. The second kappa shape index (κ2) is 38.9. The number of amides is 12. The highest BCUT2D eigenvalue weighted by Gasteiger charge is 2.45. The number of hydrogen-bond acceptors (Lipinski definition) is 15. The molecular weight excluding hydrogens is 1240 g/mol. The Hall–Kier alpha value is -8.46. The molecule has 0 spiro atoms. The number of anilines is 1. The molecule has 532 valence electrons. The van der Waals surface area contributed by atoms with E-state index in [2.05, 4.69) is 26.6 Å². The number of benzene rings is 2. The lowest BCUT2D eigenvalue weighted by atomic mass is 9.89. The van der Waals surface area contributed by atoms with Crippen molar-refractivity contribution < 1.29 is 76.9 Å². The standard InChI is InChI=1S/C69H105N11O16/c1-15-44(8)60(52(94-13)39-56(84)79-37-23-27-51(79)61(95-14)45(9)62(85)74-50(67(90)91)38-46-24-18-16-19-25-46)77(11)65(88)58(42(4)5)76(10)66(89)59(43(6)7)78(12)69(93)96-40-47-29-31-48(32-30-47)72-63(86)49(26-22-35-71-68(70)92)73-64(87)57(41(2)3)75-53(81)28-20-17-21-36-80-54(82)33-34-55(80)83/h16,18-19,24-25,29-34,41-45,49-52,57-61H,15,17,20-23,26-28,35-40H2,1-14H3,(H,72,86)(H,73,87)(H,74,85)(H,75,81)(H,90,91)(H3,70,71,92)/t44-,45+,49-,50-,51-,52+,57-,58-,59-,60-,61+/m0/s1. The van der Waals surface area contributed by atoms with E-state index in [0.717, 1.165) is 10.5 Å². The highest BCUT2D eigenvalue weighted by atomic mass is 16.6. The van der Waals surface area contributed by atoms with E-state index in [0.29, 0.717) is 56.3 Å². The van der Waals surface area contributed by atoms with Crippen molar-refractivity contribution in [1.82, 2.24) is 45.8 Å². The summed E-state index contributed by atoms with van der Waals surface area (Å²) in [6.07, 6.45) is 3.60. The molecule has 27 heteroatoms. The summed E-state index contributed by atoms with van der Waals surface area (Å²) < 4.78 is 17.8. The second-order valence-electron chi connectivity index (χ2n) is 26.1. The maximum absolute atomic E-state index is 15.0. The molecule has 11 atom stereocenters. The first kappa shape index (κ1) is 80.0. The van der Waals surface area contributed by atoms with Crippen molar-refractivity contribution in [2.75, 3.05) is 60.3 Å². The molecule has 2 heterocycles. The predicted octanol–water partition coefficient (Wildman–Crippen LogP) is 4.99. The van der Waals surface area contributed by atoms with Gasteiger partial charge in [-0.3, -0.25) is 53.0 Å². The normalized spacial score (nSPS) is 16.9. The smallest absolute Gasteiger partial charge is 0.410 e. The number of carbonyl (C=O) groups excluding carboxylic acids is 11. The highest BCUT2D eigenvalue weighted by molar-refractivity contribution is 6.12. The van der Waals surface area contributed by atoms with Gasteiger partial charge in [0.1, 0.15) is 36.8 Å². The molecule has 1 saturated heterocycles. The number of nitrogens with two attached hydrogens (primary N) is 1. The van der Waals surface area contributed by atoms with Crippen LogP contribution in [0.1, 0.15) is 138 Å². The van der Waals surface area contributed by atoms with Crippen molar-refractivity contribution >= 4 is 76.9 Å². The van der Waals surface area contributed by atoms with Crippen molar-refractivity contribution in [3.63, 3.8) is 0 Å². The van der Waals surface area contributed by atoms with Gasteiger partial charge < -0.3 is 66.3 Å². The zero-order chi connectivity index (χ0) is 71.7. The molecule has 0 unspecified atom stereocenters. The Morgan fingerprint density at radius 3 is 1.85 bits per heavy atom. The summed E-state index contributed by atoms with van der Waals surface area (Å²) in [4.78, 5) is 167. The van der Waals surface area contributed by atoms with E-state index in [1.54, 1.807) is 100.0 Å². The number of rotatable bonds is 39. The maximum Gasteiger partial charge on any atom is 0.410 e. The fourth-order valence-electron chi connectivity index (χ4n) is 12.5. The number of likely N-dealkylation sites (N-methyl/N-ethyl adjacent to an activating group) is 3. The zero-order valence-electron chi connectivity index (χ0n) is 58.4. The number of ether oxygens (including phenoxy) is 3. The molecule has 1 fully saturated rings. The Balaban J connectivity index is 1.40. The third-order valence-corrected chi connectivity index (χ3v) is 18.0. The maximum atomic E-state index is 15.0. The number of carbonyl (C=O) groups is 12. The molecule has 12 amide bonds. The summed E-state index contributed by atoms with van der Waals surface area (Å²) in [5, 5.41) is 23.5. The number of nitrogens with zero attached hydrogens (tertiary/aromatic N) is 5. The van der Waals surface area contributed by atoms with Gasteiger partial charge in [0.15, 0.2) is 0 Å². The Morgan fingerprint density at radius 1 is 0.688 bits per heavy atom. The van der Waals surface area contributed by atoms with Crippen LogP contribution in [0.2, 0.25) is 0 Å². The van der Waals surface area contributed by atoms with E-state index in [-0.39, 0.29) is 81.4 Å². The molecule has 2 aliphatic heterocycles. The second-order valence-corrected chi connectivity index (χ2v) is 26.1. The van der Waals surface area contributed by atoms with E-state index in [9.17, 15) is 57.8 Å². The molecular formula is C69H105N11O16. The summed E-state index contributed by atoms with van der Waals surface area (Å²) >= 11 is 0. The van der Waals surface area contributed by atoms with E-state index in [1.165, 1.54) is 50.3 Å². The van der Waals surface area contributed by atoms with Gasteiger partial charge in [-0.25, -0.2) is 14.4 Å². The van der Waals surface area contributed by atoms with Crippen LogP contribution in [0.15, 0.2) is 66.7 Å². The van der Waals surface area contributed by atoms with Crippen molar-refractivity contribution in [3.8, 4) is 0 Å². The molecule has 27 nitrogen and oxygen atoms in total. The number of aliphatic carboxylic acids is 1. The summed E-state index contributed by atoms with van der Waals surface area (Å²) in [5.74, 6) is -7.59. The SMILES string of the molecule is CC[C@H](C)[C@@H]([C@@H](CC(=O)N1CCC[C@H]1[C@H](OC)[C@@H](C)C(=O)N[C@@H](Cc1ccccc1)C(=O)O)OC)N(C)C(=O)[C@H](C(C)C)N(C)C(=O)[C@H](C(C)C)N(C)C(=O)OCc1ccc(NC(=O)[C@H](CCCNC(N)=O)NC(=O)[C@@H](NC(=O)CCCCCN2C(=O)C=CC2=O)C(C)C)cc1. The molecule has 2 aromatic rings. The molecule has 0 aromatic heterocycles. The minimum Gasteiger partial charge on any atom is -0.480 e. The van der Waals surface area contributed by atoms with Crippen LogP contribution in [-0.4, -0.2) is 210 Å². The molecule has 0 saturated carbocycles. The minimum atomic E-state index is -1.19. The Labute approximate surface area is 565 Å². The van der Waals surface area contributed by atoms with Crippen LogP contribution in [0.25, 0.3) is 0 Å². The number of unbranched alkanes of at least 4 members (excludes halogenated alkanes) is 2. The van der Waals surface area contributed by atoms with Gasteiger partial charge in [-0.05, 0) is 85.5 Å². The number of urea groups is 1. The van der Waals surface area contributed by atoms with Crippen molar-refractivity contribution in [2.45, 2.75) is 194 Å². The van der Waals surface area contributed by atoms with Crippen LogP contribution in [0, 0.1) is 29.6 Å². The van der Waals surface area contributed by atoms with Gasteiger partial charge >= 0.3 is 18.1 Å². The minimum absolute atomic E-state index is 0.0754. The Kier molecular flexibility index (Phi) is 32.4. The number of methoxy groups -OCH3 is 2. The van der Waals surface area contributed by atoms with Gasteiger partial charge in [-0.15, -0.1) is 0 Å². The number of nitrogens with one attached hydrogen (secondary N) is 5. The van der Waals surface area contributed by atoms with Gasteiger partial charge in [0, 0.05) is 85.7 Å². The monoisotopic (exact) mass is 1340 g/mol. The van der Waals surface area contributed by atoms with E-state index in [1.807, 2.05) is 33.8 Å². The first-order valence-corrected chi connectivity index (χ1v) is 33.3. The molecule has 96 heavy (non-hydrogen) atoms. The quantitative estimate of drug-likeness (QED) is 0.0342. The van der Waals surface area contributed by atoms with E-state index < -0.39 is 126 Å². The summed E-state index contributed by atoms with van der Waals surface area (Å²) in [5.41, 5.74) is 6.84. The van der Waals surface area contributed by atoms with Gasteiger partial charge in [0.25, 0.3) is 11.8 Å². The van der Waals surface area contributed by atoms with E-state index >= 15 is 4.79 Å². The molecule has 2 aliphatic rings. The van der Waals surface area contributed by atoms with Crippen LogP contribution in [-0.2, 0) is 75.2 Å². The van der Waals surface area contributed by atoms with E-state index in [4.69, 9.17) is 19.9 Å². The van der Waals surface area contributed by atoms with Crippen LogP contribution < -0.4 is 32.3 Å². The van der Waals surface area contributed by atoms with Gasteiger partial charge in [0.05, 0.1) is 36.6 Å². The van der Waals surface area contributed by atoms with Crippen molar-refractivity contribution in [3.05, 3.63) is 77.9 Å². The largest absolute Gasteiger partial charge is 0.480 e. The zero-order valence-corrected chi connectivity index (χ0v) is 58.4. The Morgan fingerprint density at radius 2 is 1.29 bits per heavy atom. The number of hydrogen-bond donors (Lipinski definition) is 7. The lowest BCUT2D eigenvalue weighted by Gasteiger charge is -2.43. The third-order valence-electron chi connectivity index (χ3n) is 18.0. The van der Waals surface area contributed by atoms with Crippen molar-refractivity contribution in [2.24, 2.45) is 35.3 Å². The first-order chi connectivity index (χ1) is 45.4. The number of likely N-dealkylation sites (tertiary alicyclic amines) is 1. The lowest BCUT2D eigenvalue weighted by Crippen LogP contribution is -2.60. The van der Waals surface area contributed by atoms with Gasteiger partial charge in [-0.2, -0.15) is 0 Å². The third kappa shape index (κ3) is 23.1. The first-order valence-electron chi connectivity index (χ1n) is 33.3. The summed E-state index contributed by atoms with van der Waals surface area (Å²) in [7, 11) is 7.53. The van der Waals surface area contributed by atoms with Crippen LogP contribution in [0.5, 0.6) is 0 Å².